The zero-order chi connectivity index (χ0) is 67.7. The van der Waals surface area contributed by atoms with Gasteiger partial charge in [0, 0.05) is 77.9 Å². The van der Waals surface area contributed by atoms with Crippen molar-refractivity contribution < 1.29 is 71.7 Å². The molecule has 8 N–H and O–H groups in total. The average Bonchev–Trinajstić information content (AvgIpc) is 0.895. The molecule has 2 aromatic rings. The van der Waals surface area contributed by atoms with Crippen LogP contribution in [0.4, 0.5) is 15.3 Å². The minimum Gasteiger partial charge on any atom is -0.445 e. The predicted molar refractivity (Wildman–Crippen MR) is 343 cm³/mol. The van der Waals surface area contributed by atoms with E-state index in [9.17, 15) is 52.7 Å². The molecule has 5 rings (SSSR count). The van der Waals surface area contributed by atoms with Crippen LogP contribution in [0.3, 0.4) is 0 Å². The fourth-order valence-corrected chi connectivity index (χ4v) is 11.5. The van der Waals surface area contributed by atoms with Crippen LogP contribution in [0.2, 0.25) is 0 Å². The number of urea groups is 1. The van der Waals surface area contributed by atoms with Crippen molar-refractivity contribution in [3.63, 3.8) is 0 Å². The molecule has 92 heavy (non-hydrogen) atoms. The molecular formula is C66H97N11O15. The van der Waals surface area contributed by atoms with Crippen molar-refractivity contribution in [1.82, 2.24) is 41.3 Å². The van der Waals surface area contributed by atoms with E-state index >= 15 is 0 Å². The van der Waals surface area contributed by atoms with Gasteiger partial charge in [-0.3, -0.25) is 48.1 Å². The summed E-state index contributed by atoms with van der Waals surface area (Å²) in [6.45, 7) is 13.5. The molecule has 0 aliphatic carbocycles. The summed E-state index contributed by atoms with van der Waals surface area (Å²) < 4.78 is 22.9. The largest absolute Gasteiger partial charge is 0.445 e. The first kappa shape index (κ1) is 74.6. The third-order valence-electron chi connectivity index (χ3n) is 17.3. The molecule has 3 heterocycles. The van der Waals surface area contributed by atoms with Crippen LogP contribution in [0.5, 0.6) is 0 Å². The average molecular weight is 1280 g/mol. The summed E-state index contributed by atoms with van der Waals surface area (Å²) in [5, 5.41) is 16.4. The number of ether oxygens (including phenoxy) is 4. The summed E-state index contributed by atoms with van der Waals surface area (Å²) >= 11 is 0. The summed E-state index contributed by atoms with van der Waals surface area (Å²) in [6, 6.07) is 12.4. The lowest BCUT2D eigenvalue weighted by molar-refractivity contribution is -0.147. The SMILES string of the molecule is CC[C@H](C)[C@@H]([C@@H](CC(=O)N1CCC[C@H]1[C@H](OC)[C@@H](C)C(=O)NCCc1ccccc1)OC)N(C)C(=O)C(/C=N/C(=O)C1(NC(=O)OCc2ccc(NC(=O)[C@H](CCCNC(N)=O)NC(=O)[C@@H](NC(=O)CCCCCN3C(=O)C=CC3=O)C(C)C)cc2)COC1)C(C)C. The number of methoxy groups -OCH3 is 2. The molecule has 12 amide bonds. The van der Waals surface area contributed by atoms with Crippen LogP contribution in [-0.2, 0) is 75.1 Å². The standard InChI is InChI=1S/C66H97N11O15/c1-11-43(6)57(51(89-9)36-55(81)76-35-19-23-50(76)58(90-10)44(7)59(82)68-33-31-45-20-14-12-15-21-45)75(8)62(85)48(41(2)3)37-70-63(86)66(39-91-40-66)74-65(88)92-38-46-25-27-47(28-26-46)71-60(83)49(22-18-32-69-64(67)87)72-61(84)56(42(4)5)73-52(78)24-16-13-17-34-77-53(79)29-30-54(77)80/h12,14-15,20-21,25-30,37,41-44,48-51,56-58H,11,13,16-19,22-24,31-36,38-40H2,1-10H3,(H,68,82)(H,71,83)(H,72,84)(H,73,78)(H,74,88)(H3,67,69,87)/b70-37+/t43-,44+,48?,49-,50-,51+,56-,57-,58+/m0/s1. The lowest BCUT2D eigenvalue weighted by Crippen LogP contribution is -2.66. The first-order valence-electron chi connectivity index (χ1n) is 32.0. The molecule has 2 fully saturated rings. The van der Waals surface area contributed by atoms with Crippen LogP contribution in [-0.4, -0.2) is 189 Å². The Bertz CT molecular complexity index is 2880. The van der Waals surface area contributed by atoms with Crippen LogP contribution in [0.15, 0.2) is 71.7 Å². The maximum Gasteiger partial charge on any atom is 0.408 e. The predicted octanol–water partition coefficient (Wildman–Crippen LogP) is 4.33. The Hall–Kier alpha value is -8.10. The van der Waals surface area contributed by atoms with E-state index in [-0.39, 0.29) is 112 Å². The number of amides is 12. The number of aliphatic imine (C=N–C) groups is 1. The van der Waals surface area contributed by atoms with Gasteiger partial charge in [0.2, 0.25) is 35.4 Å². The number of likely N-dealkylation sites (tertiary alicyclic amines) is 1. The lowest BCUT2D eigenvalue weighted by Gasteiger charge is -2.40. The van der Waals surface area contributed by atoms with Gasteiger partial charge in [-0.15, -0.1) is 0 Å². The van der Waals surface area contributed by atoms with Crippen molar-refractivity contribution in [3.05, 3.63) is 77.9 Å². The maximum absolute atomic E-state index is 14.6. The zero-order valence-corrected chi connectivity index (χ0v) is 55.0. The highest BCUT2D eigenvalue weighted by Gasteiger charge is 2.48. The summed E-state index contributed by atoms with van der Waals surface area (Å²) in [5.74, 6) is -6.09. The Kier molecular flexibility index (Phi) is 29.9. The summed E-state index contributed by atoms with van der Waals surface area (Å²) in [6.07, 6.45) is 6.07. The highest BCUT2D eigenvalue weighted by Crippen LogP contribution is 2.31. The number of rotatable bonds is 37. The summed E-state index contributed by atoms with van der Waals surface area (Å²) in [7, 11) is 4.73. The third-order valence-corrected chi connectivity index (χ3v) is 17.3. The second-order valence-corrected chi connectivity index (χ2v) is 24.7. The number of nitrogens with one attached hydrogen (secondary N) is 6. The quantitative estimate of drug-likeness (QED) is 0.0281. The number of carbonyl (C=O) groups excluding carboxylic acids is 11. The molecule has 1 unspecified atom stereocenters. The lowest BCUT2D eigenvalue weighted by atomic mass is 9.88. The Morgan fingerprint density at radius 1 is 0.804 bits per heavy atom. The van der Waals surface area contributed by atoms with Gasteiger partial charge in [-0.2, -0.15) is 0 Å². The minimum atomic E-state index is -1.58. The molecule has 0 aromatic heterocycles. The maximum atomic E-state index is 14.6. The van der Waals surface area contributed by atoms with Gasteiger partial charge in [-0.05, 0) is 86.0 Å². The first-order valence-corrected chi connectivity index (χ1v) is 32.0. The van der Waals surface area contributed by atoms with Crippen molar-refractivity contribution in [2.75, 3.05) is 66.0 Å². The number of hydrogen-bond acceptors (Lipinski definition) is 15. The van der Waals surface area contributed by atoms with Crippen LogP contribution in [0.25, 0.3) is 0 Å². The molecule has 506 valence electrons. The monoisotopic (exact) mass is 1280 g/mol. The molecule has 2 saturated heterocycles. The van der Waals surface area contributed by atoms with E-state index in [2.05, 4.69) is 36.9 Å². The molecule has 0 bridgehead atoms. The van der Waals surface area contributed by atoms with Gasteiger partial charge < -0.3 is 66.4 Å². The van der Waals surface area contributed by atoms with Gasteiger partial charge in [0.1, 0.15) is 18.7 Å². The highest BCUT2D eigenvalue weighted by atomic mass is 16.6. The number of carbonyl (C=O) groups is 11. The number of benzene rings is 2. The summed E-state index contributed by atoms with van der Waals surface area (Å²) in [5.41, 5.74) is 5.59. The van der Waals surface area contributed by atoms with Gasteiger partial charge in [0.05, 0.1) is 55.8 Å². The fourth-order valence-electron chi connectivity index (χ4n) is 11.5. The zero-order valence-electron chi connectivity index (χ0n) is 55.0. The van der Waals surface area contributed by atoms with E-state index in [1.165, 1.54) is 25.5 Å². The second kappa shape index (κ2) is 36.8. The number of nitrogens with zero attached hydrogens (tertiary/aromatic N) is 4. The fraction of sp³-hybridized carbons (Fsp3) is 0.606. The van der Waals surface area contributed by atoms with Gasteiger partial charge in [-0.1, -0.05) is 104 Å². The number of hydrogen-bond donors (Lipinski definition) is 7. The van der Waals surface area contributed by atoms with Crippen LogP contribution in [0.1, 0.15) is 124 Å². The molecule has 2 aromatic carbocycles. The van der Waals surface area contributed by atoms with Crippen molar-refractivity contribution in [2.45, 2.75) is 168 Å². The first-order chi connectivity index (χ1) is 43.8. The number of anilines is 1. The minimum absolute atomic E-state index is 0.0454. The number of imide groups is 1. The van der Waals surface area contributed by atoms with Gasteiger partial charge in [0.15, 0.2) is 5.54 Å². The van der Waals surface area contributed by atoms with Gasteiger partial charge in [-0.25, -0.2) is 14.6 Å². The second-order valence-electron chi connectivity index (χ2n) is 24.7. The molecule has 3 aliphatic rings. The number of unbranched alkanes of at least 4 members (excludes halogenated alkanes) is 2. The van der Waals surface area contributed by atoms with E-state index in [0.29, 0.717) is 62.9 Å². The van der Waals surface area contributed by atoms with Gasteiger partial charge in [0.25, 0.3) is 17.7 Å². The van der Waals surface area contributed by atoms with E-state index in [1.54, 1.807) is 62.1 Å². The summed E-state index contributed by atoms with van der Waals surface area (Å²) in [4.78, 5) is 154. The van der Waals surface area contributed by atoms with E-state index in [1.807, 2.05) is 65.0 Å². The van der Waals surface area contributed by atoms with E-state index < -0.39 is 83.5 Å². The number of likely N-dealkylation sites (N-methyl/N-ethyl adjacent to an activating group) is 1. The molecule has 0 radical (unpaired) electrons. The van der Waals surface area contributed by atoms with Crippen molar-refractivity contribution in [3.8, 4) is 0 Å². The molecular weight excluding hydrogens is 1190 g/mol. The van der Waals surface area contributed by atoms with E-state index in [4.69, 9.17) is 24.7 Å². The highest BCUT2D eigenvalue weighted by molar-refractivity contribution is 6.12. The molecule has 3 aliphatic heterocycles. The Morgan fingerprint density at radius 3 is 2.09 bits per heavy atom. The Labute approximate surface area is 540 Å². The Balaban J connectivity index is 1.14. The van der Waals surface area contributed by atoms with Crippen LogP contribution >= 0.6 is 0 Å². The number of alkyl carbamates (subject to hydrolysis) is 1. The molecule has 9 atom stereocenters. The Morgan fingerprint density at radius 2 is 1.49 bits per heavy atom. The van der Waals surface area contributed by atoms with Crippen molar-refractivity contribution in [1.29, 1.82) is 0 Å². The van der Waals surface area contributed by atoms with Crippen LogP contribution < -0.4 is 37.6 Å². The topological polar surface area (TPSA) is 345 Å². The van der Waals surface area contributed by atoms with Gasteiger partial charge >= 0.3 is 12.1 Å². The normalized spacial score (nSPS) is 17.8. The van der Waals surface area contributed by atoms with E-state index in [0.717, 1.165) is 16.9 Å². The smallest absolute Gasteiger partial charge is 0.408 e. The number of primary amides is 1. The molecule has 26 heteroatoms. The number of nitrogens with two attached hydrogens (primary N) is 1. The van der Waals surface area contributed by atoms with Crippen molar-refractivity contribution in [2.24, 2.45) is 40.3 Å². The van der Waals surface area contributed by atoms with Crippen molar-refractivity contribution >= 4 is 77.2 Å². The molecule has 0 saturated carbocycles. The third kappa shape index (κ3) is 21.8. The van der Waals surface area contributed by atoms with Crippen LogP contribution in [0, 0.1) is 29.6 Å². The molecule has 0 spiro atoms. The molecule has 26 nitrogen and oxygen atoms in total.